The quantitative estimate of drug-likeness (QED) is 0.364. The van der Waals surface area contributed by atoms with E-state index in [1.807, 2.05) is 6.07 Å². The lowest BCUT2D eigenvalue weighted by Crippen LogP contribution is -2.41. The van der Waals surface area contributed by atoms with Crippen LogP contribution < -0.4 is 16.0 Å². The van der Waals surface area contributed by atoms with E-state index < -0.39 is 0 Å². The van der Waals surface area contributed by atoms with Gasteiger partial charge in [0.2, 0.25) is 5.91 Å². The SMILES string of the molecule is CN=C(NCCCc1ccc(Br)cc1F)NCC(=O)Nc1cccnc1. The first kappa shape index (κ1) is 19.8. The van der Waals surface area contributed by atoms with Crippen LogP contribution in [-0.2, 0) is 11.2 Å². The van der Waals surface area contributed by atoms with Gasteiger partial charge in [-0.3, -0.25) is 14.8 Å². The van der Waals surface area contributed by atoms with Crippen LogP contribution in [0.1, 0.15) is 12.0 Å². The van der Waals surface area contributed by atoms with Crippen LogP contribution in [0.15, 0.2) is 52.2 Å². The zero-order valence-electron chi connectivity index (χ0n) is 14.4. The molecule has 6 nitrogen and oxygen atoms in total. The third-order valence-corrected chi connectivity index (χ3v) is 4.01. The summed E-state index contributed by atoms with van der Waals surface area (Å²) in [5, 5.41) is 8.77. The second-order valence-corrected chi connectivity index (χ2v) is 6.40. The molecule has 1 aromatic heterocycles. The van der Waals surface area contributed by atoms with Gasteiger partial charge in [-0.2, -0.15) is 0 Å². The molecule has 0 bridgehead atoms. The van der Waals surface area contributed by atoms with Crippen LogP contribution in [0.3, 0.4) is 0 Å². The van der Waals surface area contributed by atoms with Gasteiger partial charge >= 0.3 is 0 Å². The summed E-state index contributed by atoms with van der Waals surface area (Å²) in [6, 6.07) is 8.57. The van der Waals surface area contributed by atoms with Crippen molar-refractivity contribution in [1.29, 1.82) is 0 Å². The van der Waals surface area contributed by atoms with Crippen LogP contribution in [-0.4, -0.2) is 37.0 Å². The van der Waals surface area contributed by atoms with Crippen LogP contribution in [0.2, 0.25) is 0 Å². The average molecular weight is 422 g/mol. The Morgan fingerprint density at radius 1 is 1.31 bits per heavy atom. The number of aliphatic imine (C=N–C) groups is 1. The molecular weight excluding hydrogens is 401 g/mol. The van der Waals surface area contributed by atoms with Crippen molar-refractivity contribution in [1.82, 2.24) is 15.6 Å². The fraction of sp³-hybridized carbons (Fsp3) is 0.278. The van der Waals surface area contributed by atoms with Gasteiger partial charge in [0, 0.05) is 24.3 Å². The van der Waals surface area contributed by atoms with Crippen LogP contribution in [0.5, 0.6) is 0 Å². The lowest BCUT2D eigenvalue weighted by molar-refractivity contribution is -0.115. The molecule has 2 aromatic rings. The largest absolute Gasteiger partial charge is 0.356 e. The second kappa shape index (κ2) is 10.5. The lowest BCUT2D eigenvalue weighted by Gasteiger charge is -2.12. The predicted molar refractivity (Wildman–Crippen MR) is 105 cm³/mol. The number of pyridine rings is 1. The Kier molecular flexibility index (Phi) is 8.01. The zero-order valence-corrected chi connectivity index (χ0v) is 16.0. The van der Waals surface area contributed by atoms with Gasteiger partial charge in [0.05, 0.1) is 18.4 Å². The van der Waals surface area contributed by atoms with Crippen LogP contribution >= 0.6 is 15.9 Å². The van der Waals surface area contributed by atoms with Gasteiger partial charge in [-0.05, 0) is 42.7 Å². The maximum Gasteiger partial charge on any atom is 0.243 e. The highest BCUT2D eigenvalue weighted by atomic mass is 79.9. The van der Waals surface area contributed by atoms with Crippen LogP contribution in [0, 0.1) is 5.82 Å². The Morgan fingerprint density at radius 2 is 2.15 bits per heavy atom. The summed E-state index contributed by atoms with van der Waals surface area (Å²) in [6.07, 6.45) is 4.57. The van der Waals surface area contributed by atoms with Crippen LogP contribution in [0.25, 0.3) is 0 Å². The minimum absolute atomic E-state index is 0.0793. The van der Waals surface area contributed by atoms with E-state index in [1.165, 1.54) is 6.07 Å². The van der Waals surface area contributed by atoms with E-state index in [0.29, 0.717) is 30.2 Å². The Morgan fingerprint density at radius 3 is 2.85 bits per heavy atom. The number of carbonyl (C=O) groups is 1. The number of carbonyl (C=O) groups excluding carboxylic acids is 1. The van der Waals surface area contributed by atoms with Crippen molar-refractivity contribution in [2.75, 3.05) is 25.5 Å². The fourth-order valence-electron chi connectivity index (χ4n) is 2.24. The Labute approximate surface area is 160 Å². The van der Waals surface area contributed by atoms with Crippen molar-refractivity contribution in [2.45, 2.75) is 12.8 Å². The number of nitrogens with one attached hydrogen (secondary N) is 3. The number of guanidine groups is 1. The number of benzene rings is 1. The maximum atomic E-state index is 13.8. The van der Waals surface area contributed by atoms with E-state index in [0.717, 1.165) is 10.9 Å². The molecule has 0 atom stereocenters. The van der Waals surface area contributed by atoms with Crippen molar-refractivity contribution >= 4 is 33.5 Å². The van der Waals surface area contributed by atoms with Crippen molar-refractivity contribution < 1.29 is 9.18 Å². The Hall–Kier alpha value is -2.48. The van der Waals surface area contributed by atoms with Crippen molar-refractivity contribution in [3.8, 4) is 0 Å². The number of amides is 1. The summed E-state index contributed by atoms with van der Waals surface area (Å²) in [6.45, 7) is 0.690. The number of nitrogens with zero attached hydrogens (tertiary/aromatic N) is 2. The third-order valence-electron chi connectivity index (χ3n) is 3.52. The summed E-state index contributed by atoms with van der Waals surface area (Å²) >= 11 is 3.24. The van der Waals surface area contributed by atoms with E-state index >= 15 is 0 Å². The highest BCUT2D eigenvalue weighted by molar-refractivity contribution is 9.10. The molecule has 0 aliphatic carbocycles. The van der Waals surface area contributed by atoms with Crippen molar-refractivity contribution in [3.63, 3.8) is 0 Å². The number of hydrogen-bond acceptors (Lipinski definition) is 3. The number of aryl methyl sites for hydroxylation is 1. The van der Waals surface area contributed by atoms with E-state index in [1.54, 1.807) is 37.6 Å². The molecule has 26 heavy (non-hydrogen) atoms. The molecule has 0 saturated carbocycles. The first-order chi connectivity index (χ1) is 12.6. The van der Waals surface area contributed by atoms with Gasteiger partial charge in [-0.15, -0.1) is 0 Å². The molecule has 3 N–H and O–H groups in total. The molecule has 1 aromatic carbocycles. The molecule has 0 aliphatic rings. The second-order valence-electron chi connectivity index (χ2n) is 5.48. The van der Waals surface area contributed by atoms with Gasteiger partial charge in [-0.25, -0.2) is 4.39 Å². The first-order valence-corrected chi connectivity index (χ1v) is 8.96. The minimum Gasteiger partial charge on any atom is -0.356 e. The molecule has 0 spiro atoms. The Bertz CT molecular complexity index is 755. The highest BCUT2D eigenvalue weighted by Gasteiger charge is 2.05. The van der Waals surface area contributed by atoms with Gasteiger partial charge in [0.15, 0.2) is 5.96 Å². The van der Waals surface area contributed by atoms with E-state index in [2.05, 4.69) is 41.9 Å². The summed E-state index contributed by atoms with van der Waals surface area (Å²) in [5.41, 5.74) is 1.31. The number of hydrogen-bond donors (Lipinski definition) is 3. The molecule has 0 unspecified atom stereocenters. The van der Waals surface area contributed by atoms with E-state index in [4.69, 9.17) is 0 Å². The predicted octanol–water partition coefficient (Wildman–Crippen LogP) is 2.72. The molecule has 138 valence electrons. The minimum atomic E-state index is -0.214. The molecule has 1 heterocycles. The number of anilines is 1. The fourth-order valence-corrected chi connectivity index (χ4v) is 2.57. The average Bonchev–Trinajstić information content (AvgIpc) is 2.63. The van der Waals surface area contributed by atoms with Crippen LogP contribution in [0.4, 0.5) is 10.1 Å². The molecule has 1 amide bonds. The van der Waals surface area contributed by atoms with Gasteiger partial charge in [0.1, 0.15) is 5.82 Å². The number of halogens is 2. The first-order valence-electron chi connectivity index (χ1n) is 8.17. The molecule has 0 aliphatic heterocycles. The van der Waals surface area contributed by atoms with Crippen molar-refractivity contribution in [2.24, 2.45) is 4.99 Å². The molecule has 2 rings (SSSR count). The molecule has 0 radical (unpaired) electrons. The maximum absolute atomic E-state index is 13.8. The van der Waals surface area contributed by atoms with Gasteiger partial charge in [-0.1, -0.05) is 22.0 Å². The smallest absolute Gasteiger partial charge is 0.243 e. The summed E-state index contributed by atoms with van der Waals surface area (Å²) < 4.78 is 14.5. The highest BCUT2D eigenvalue weighted by Crippen LogP contribution is 2.16. The normalized spacial score (nSPS) is 11.1. The van der Waals surface area contributed by atoms with Gasteiger partial charge < -0.3 is 16.0 Å². The topological polar surface area (TPSA) is 78.4 Å². The van der Waals surface area contributed by atoms with E-state index in [-0.39, 0.29) is 18.3 Å². The monoisotopic (exact) mass is 421 g/mol. The summed E-state index contributed by atoms with van der Waals surface area (Å²) in [5.74, 6) is 0.106. The van der Waals surface area contributed by atoms with E-state index in [9.17, 15) is 9.18 Å². The summed E-state index contributed by atoms with van der Waals surface area (Å²) in [4.78, 5) is 19.9. The van der Waals surface area contributed by atoms with Crippen molar-refractivity contribution in [3.05, 3.63) is 58.6 Å². The molecule has 8 heteroatoms. The standard InChI is InChI=1S/C18H21BrFN5O/c1-21-18(24-12-17(26)25-15-5-3-8-22-11-15)23-9-2-4-13-6-7-14(19)10-16(13)20/h3,5-8,10-11H,2,4,9,12H2,1H3,(H,25,26)(H2,21,23,24). The number of aromatic nitrogens is 1. The zero-order chi connectivity index (χ0) is 18.8. The molecular formula is C18H21BrFN5O. The third kappa shape index (κ3) is 6.79. The Balaban J connectivity index is 1.68. The molecule has 0 fully saturated rings. The lowest BCUT2D eigenvalue weighted by atomic mass is 10.1. The molecule has 0 saturated heterocycles. The summed E-state index contributed by atoms with van der Waals surface area (Å²) in [7, 11) is 1.63. The van der Waals surface area contributed by atoms with Gasteiger partial charge in [0.25, 0.3) is 0 Å². The number of rotatable bonds is 7.